The molecule has 1 fully saturated rings. The van der Waals surface area contributed by atoms with Gasteiger partial charge in [0.2, 0.25) is 10.0 Å². The van der Waals surface area contributed by atoms with Crippen molar-refractivity contribution in [2.24, 2.45) is 11.3 Å². The summed E-state index contributed by atoms with van der Waals surface area (Å²) in [6.07, 6.45) is 3.77. The predicted molar refractivity (Wildman–Crippen MR) is 111 cm³/mol. The first kappa shape index (κ1) is 20.6. The average molecular weight is 395 g/mol. The minimum Gasteiger partial charge on any atom is -0.387 e. The van der Waals surface area contributed by atoms with E-state index in [9.17, 15) is 13.5 Å². The molecule has 1 N–H and O–H groups in total. The number of sulfonamides is 1. The van der Waals surface area contributed by atoms with Gasteiger partial charge < -0.3 is 10.0 Å². The van der Waals surface area contributed by atoms with Crippen molar-refractivity contribution >= 4 is 15.7 Å². The highest BCUT2D eigenvalue weighted by Crippen LogP contribution is 2.37. The van der Waals surface area contributed by atoms with Crippen LogP contribution < -0.4 is 4.31 Å². The summed E-state index contributed by atoms with van der Waals surface area (Å²) in [6.45, 7) is 11.6. The van der Waals surface area contributed by atoms with Crippen LogP contribution in [0.5, 0.6) is 0 Å². The quantitative estimate of drug-likeness (QED) is 0.852. The van der Waals surface area contributed by atoms with Crippen molar-refractivity contribution in [3.63, 3.8) is 0 Å². The van der Waals surface area contributed by atoms with E-state index in [1.807, 2.05) is 25.1 Å². The summed E-state index contributed by atoms with van der Waals surface area (Å²) in [4.78, 5) is 2.35. The minimum absolute atomic E-state index is 0.0705. The van der Waals surface area contributed by atoms with Crippen molar-refractivity contribution in [1.82, 2.24) is 4.90 Å². The third-order valence-corrected chi connectivity index (χ3v) is 7.51. The second-order valence-corrected chi connectivity index (χ2v) is 11.3. The number of nitrogens with zero attached hydrogens (tertiary/aromatic N) is 2. The second kappa shape index (κ2) is 7.37. The number of hydrogen-bond acceptors (Lipinski definition) is 4. The van der Waals surface area contributed by atoms with Crippen molar-refractivity contribution < 1.29 is 13.5 Å². The SMILES string of the molecule is C[C@@H]1Cc2cc([C@H](O)CN3CCC(C(C)(C)C)CC3)ccc2N1S(C)(=O)=O. The van der Waals surface area contributed by atoms with Gasteiger partial charge in [0.1, 0.15) is 0 Å². The van der Waals surface area contributed by atoms with Crippen molar-refractivity contribution in [2.75, 3.05) is 30.2 Å². The van der Waals surface area contributed by atoms with E-state index in [2.05, 4.69) is 25.7 Å². The number of fused-ring (bicyclic) bond motifs is 1. The molecular weight excluding hydrogens is 360 g/mol. The molecule has 2 heterocycles. The van der Waals surface area contributed by atoms with E-state index in [1.54, 1.807) is 0 Å². The maximum Gasteiger partial charge on any atom is 0.232 e. The predicted octanol–water partition coefficient (Wildman–Crippen LogP) is 3.19. The van der Waals surface area contributed by atoms with Gasteiger partial charge in [0.25, 0.3) is 0 Å². The smallest absolute Gasteiger partial charge is 0.232 e. The maximum absolute atomic E-state index is 12.1. The molecule has 0 saturated carbocycles. The summed E-state index contributed by atoms with van der Waals surface area (Å²) >= 11 is 0. The van der Waals surface area contributed by atoms with Gasteiger partial charge in [-0.3, -0.25) is 4.31 Å². The van der Waals surface area contributed by atoms with Crippen LogP contribution in [0.4, 0.5) is 5.69 Å². The number of benzene rings is 1. The first-order valence-corrected chi connectivity index (χ1v) is 11.8. The fourth-order valence-corrected chi connectivity index (χ4v) is 5.93. The molecule has 3 rings (SSSR count). The Morgan fingerprint density at radius 3 is 2.41 bits per heavy atom. The Morgan fingerprint density at radius 1 is 1.22 bits per heavy atom. The molecule has 0 bridgehead atoms. The Kier molecular flexibility index (Phi) is 5.63. The molecule has 1 saturated heterocycles. The van der Waals surface area contributed by atoms with Gasteiger partial charge in [-0.25, -0.2) is 8.42 Å². The summed E-state index contributed by atoms with van der Waals surface area (Å²) in [5.74, 6) is 0.745. The highest BCUT2D eigenvalue weighted by atomic mass is 32.2. The van der Waals surface area contributed by atoms with Crippen LogP contribution >= 0.6 is 0 Å². The first-order valence-electron chi connectivity index (χ1n) is 9.99. The van der Waals surface area contributed by atoms with Gasteiger partial charge in [-0.15, -0.1) is 0 Å². The fourth-order valence-electron chi connectivity index (χ4n) is 4.67. The number of likely N-dealkylation sites (tertiary alicyclic amines) is 1. The summed E-state index contributed by atoms with van der Waals surface area (Å²) in [6, 6.07) is 5.65. The van der Waals surface area contributed by atoms with E-state index in [1.165, 1.54) is 23.4 Å². The summed E-state index contributed by atoms with van der Waals surface area (Å²) < 4.78 is 25.6. The zero-order chi connectivity index (χ0) is 20.0. The monoisotopic (exact) mass is 394 g/mol. The molecule has 152 valence electrons. The average Bonchev–Trinajstić information content (AvgIpc) is 2.89. The van der Waals surface area contributed by atoms with Gasteiger partial charge in [-0.1, -0.05) is 32.9 Å². The molecule has 0 amide bonds. The highest BCUT2D eigenvalue weighted by molar-refractivity contribution is 7.92. The lowest BCUT2D eigenvalue weighted by atomic mass is 9.75. The molecule has 0 aromatic heterocycles. The lowest BCUT2D eigenvalue weighted by molar-refractivity contribution is 0.0653. The van der Waals surface area contributed by atoms with E-state index in [-0.39, 0.29) is 6.04 Å². The number of rotatable bonds is 4. The van der Waals surface area contributed by atoms with Crippen LogP contribution in [0.2, 0.25) is 0 Å². The van der Waals surface area contributed by atoms with E-state index in [4.69, 9.17) is 0 Å². The van der Waals surface area contributed by atoms with Gasteiger partial charge in [-0.2, -0.15) is 0 Å². The van der Waals surface area contributed by atoms with E-state index < -0.39 is 16.1 Å². The Bertz CT molecular complexity index is 777. The minimum atomic E-state index is -3.28. The van der Waals surface area contributed by atoms with Gasteiger partial charge in [-0.05, 0) is 67.8 Å². The molecule has 2 atom stereocenters. The highest BCUT2D eigenvalue weighted by Gasteiger charge is 2.33. The van der Waals surface area contributed by atoms with Gasteiger partial charge in [0.05, 0.1) is 18.0 Å². The summed E-state index contributed by atoms with van der Waals surface area (Å²) in [5, 5.41) is 10.7. The maximum atomic E-state index is 12.1. The summed E-state index contributed by atoms with van der Waals surface area (Å²) in [5.41, 5.74) is 3.00. The zero-order valence-corrected chi connectivity index (χ0v) is 18.1. The number of piperidine rings is 1. The summed E-state index contributed by atoms with van der Waals surface area (Å²) in [7, 11) is -3.28. The molecule has 0 unspecified atom stereocenters. The van der Waals surface area contributed by atoms with Crippen molar-refractivity contribution in [1.29, 1.82) is 0 Å². The van der Waals surface area contributed by atoms with Crippen LogP contribution in [0.25, 0.3) is 0 Å². The largest absolute Gasteiger partial charge is 0.387 e. The molecule has 6 heteroatoms. The number of aliphatic hydroxyl groups excluding tert-OH is 1. The van der Waals surface area contributed by atoms with Crippen LogP contribution in [-0.4, -0.2) is 50.4 Å². The van der Waals surface area contributed by atoms with Crippen LogP contribution in [0.3, 0.4) is 0 Å². The Labute approximate surface area is 164 Å². The number of hydrogen-bond donors (Lipinski definition) is 1. The topological polar surface area (TPSA) is 60.9 Å². The molecule has 1 aromatic carbocycles. The van der Waals surface area contributed by atoms with Crippen molar-refractivity contribution in [3.05, 3.63) is 29.3 Å². The van der Waals surface area contributed by atoms with Gasteiger partial charge in [0, 0.05) is 12.6 Å². The van der Waals surface area contributed by atoms with Gasteiger partial charge in [0.15, 0.2) is 0 Å². The first-order chi connectivity index (χ1) is 12.5. The molecule has 2 aliphatic heterocycles. The number of anilines is 1. The second-order valence-electron chi connectivity index (χ2n) is 9.46. The van der Waals surface area contributed by atoms with Crippen LogP contribution in [0.15, 0.2) is 18.2 Å². The van der Waals surface area contributed by atoms with E-state index in [0.29, 0.717) is 18.4 Å². The molecule has 2 aliphatic rings. The number of β-amino-alcohol motifs (C(OH)–C–C–N with tert-alkyl or cyclic N) is 1. The molecular formula is C21H34N2O3S. The lowest BCUT2D eigenvalue weighted by Gasteiger charge is -2.39. The van der Waals surface area contributed by atoms with Gasteiger partial charge >= 0.3 is 0 Å². The van der Waals surface area contributed by atoms with E-state index in [0.717, 1.165) is 35.8 Å². The van der Waals surface area contributed by atoms with E-state index >= 15 is 0 Å². The molecule has 5 nitrogen and oxygen atoms in total. The lowest BCUT2D eigenvalue weighted by Crippen LogP contribution is -2.39. The normalized spacial score (nSPS) is 23.5. The van der Waals surface area contributed by atoms with Crippen molar-refractivity contribution in [3.8, 4) is 0 Å². The molecule has 0 spiro atoms. The molecule has 27 heavy (non-hydrogen) atoms. The molecule has 0 aliphatic carbocycles. The Hall–Kier alpha value is -1.11. The van der Waals surface area contributed by atoms with Crippen LogP contribution in [-0.2, 0) is 16.4 Å². The standard InChI is InChI=1S/C21H34N2O3S/c1-15-12-17-13-16(6-7-19(17)23(15)27(5,25)26)20(24)14-22-10-8-18(9-11-22)21(2,3)4/h6-7,13,15,18,20,24H,8-12,14H2,1-5H3/t15-,20-/m1/s1. The number of aliphatic hydroxyl groups is 1. The third kappa shape index (κ3) is 4.49. The Morgan fingerprint density at radius 2 is 1.85 bits per heavy atom. The third-order valence-electron chi connectivity index (χ3n) is 6.24. The van der Waals surface area contributed by atoms with Crippen LogP contribution in [0.1, 0.15) is 57.8 Å². The molecule has 1 aromatic rings. The Balaban J connectivity index is 1.66. The van der Waals surface area contributed by atoms with Crippen molar-refractivity contribution in [2.45, 2.75) is 59.1 Å². The fraction of sp³-hybridized carbons (Fsp3) is 0.714. The zero-order valence-electron chi connectivity index (χ0n) is 17.3. The van der Waals surface area contributed by atoms with Crippen LogP contribution in [0, 0.1) is 11.3 Å². The molecule has 0 radical (unpaired) electrons.